The van der Waals surface area contributed by atoms with Gasteiger partial charge in [0, 0.05) is 13.6 Å². The Labute approximate surface area is 118 Å². The largest absolute Gasteiger partial charge is 0.405 e. The molecule has 9 heteroatoms. The molecule has 0 aliphatic heterocycles. The molecular weight excluding hydrogens is 306 g/mol. The smallest absolute Gasteiger partial charge is 0.395 e. The second-order valence-corrected chi connectivity index (χ2v) is 4.45. The average Bonchev–Trinajstić information content (AvgIpc) is 2.27. The maximum Gasteiger partial charge on any atom is 0.405 e. The third-order valence-electron chi connectivity index (χ3n) is 2.19. The summed E-state index contributed by atoms with van der Waals surface area (Å²) in [4.78, 5) is 4.78. The van der Waals surface area contributed by atoms with Gasteiger partial charge in [-0.3, -0.25) is 0 Å². The number of nitrogens with one attached hydrogen (secondary N) is 1. The molecule has 0 atom stereocenters. The Bertz CT molecular complexity index is 443. The highest BCUT2D eigenvalue weighted by Crippen LogP contribution is 2.32. The molecule has 108 valence electrons. The number of aromatic nitrogens is 1. The molecule has 0 aliphatic carbocycles. The van der Waals surface area contributed by atoms with Crippen molar-refractivity contribution >= 4 is 34.8 Å². The number of anilines is 2. The van der Waals surface area contributed by atoms with Gasteiger partial charge in [-0.1, -0.05) is 23.2 Å². The number of alkyl halides is 3. The zero-order chi connectivity index (χ0) is 14.6. The lowest BCUT2D eigenvalue weighted by Gasteiger charge is -2.25. The van der Waals surface area contributed by atoms with E-state index in [2.05, 4.69) is 10.3 Å². The van der Waals surface area contributed by atoms with Crippen LogP contribution in [0.3, 0.4) is 0 Å². The van der Waals surface area contributed by atoms with Crippen LogP contribution >= 0.6 is 23.2 Å². The minimum absolute atomic E-state index is 0.0123. The Balaban J connectivity index is 3.14. The molecule has 0 amide bonds. The number of rotatable bonds is 5. The summed E-state index contributed by atoms with van der Waals surface area (Å²) in [5, 5.41) is 11.7. The molecule has 0 spiro atoms. The van der Waals surface area contributed by atoms with E-state index in [4.69, 9.17) is 28.3 Å². The van der Waals surface area contributed by atoms with Gasteiger partial charge in [0.15, 0.2) is 0 Å². The van der Waals surface area contributed by atoms with Crippen molar-refractivity contribution in [1.82, 2.24) is 4.98 Å². The fourth-order valence-electron chi connectivity index (χ4n) is 1.45. The van der Waals surface area contributed by atoms with Gasteiger partial charge in [-0.15, -0.1) is 0 Å². The van der Waals surface area contributed by atoms with Crippen LogP contribution in [0.5, 0.6) is 0 Å². The van der Waals surface area contributed by atoms with Crippen molar-refractivity contribution in [2.45, 2.75) is 6.18 Å². The zero-order valence-electron chi connectivity index (χ0n) is 9.93. The molecule has 4 nitrogen and oxygen atoms in total. The van der Waals surface area contributed by atoms with Crippen LogP contribution in [0.25, 0.3) is 0 Å². The van der Waals surface area contributed by atoms with Crippen molar-refractivity contribution in [2.75, 3.05) is 37.0 Å². The van der Waals surface area contributed by atoms with Crippen LogP contribution < -0.4 is 10.2 Å². The summed E-state index contributed by atoms with van der Waals surface area (Å²) >= 11 is 11.7. The Morgan fingerprint density at radius 3 is 2.47 bits per heavy atom. The molecule has 0 saturated heterocycles. The van der Waals surface area contributed by atoms with Crippen LogP contribution in [0.15, 0.2) is 6.07 Å². The highest BCUT2D eigenvalue weighted by molar-refractivity contribution is 6.37. The maximum absolute atomic E-state index is 12.5. The SMILES string of the molecule is CNc1nc(N(CCO)CC(F)(F)F)c(Cl)cc1Cl. The van der Waals surface area contributed by atoms with Crippen molar-refractivity contribution in [3.8, 4) is 0 Å². The van der Waals surface area contributed by atoms with Crippen LogP contribution in [-0.2, 0) is 0 Å². The maximum atomic E-state index is 12.5. The molecule has 1 aromatic rings. The highest BCUT2D eigenvalue weighted by Gasteiger charge is 2.32. The lowest BCUT2D eigenvalue weighted by molar-refractivity contribution is -0.119. The lowest BCUT2D eigenvalue weighted by Crippen LogP contribution is -2.37. The molecule has 1 aromatic heterocycles. The number of pyridine rings is 1. The lowest BCUT2D eigenvalue weighted by atomic mass is 10.3. The van der Waals surface area contributed by atoms with Gasteiger partial charge < -0.3 is 15.3 Å². The number of halogens is 5. The van der Waals surface area contributed by atoms with E-state index in [-0.39, 0.29) is 28.2 Å². The van der Waals surface area contributed by atoms with Crippen molar-refractivity contribution in [3.05, 3.63) is 16.1 Å². The van der Waals surface area contributed by atoms with Gasteiger partial charge in [0.2, 0.25) is 0 Å². The van der Waals surface area contributed by atoms with E-state index in [0.29, 0.717) is 0 Å². The number of aliphatic hydroxyl groups is 1. The van der Waals surface area contributed by atoms with E-state index in [1.54, 1.807) is 0 Å². The molecule has 0 aromatic carbocycles. The second-order valence-electron chi connectivity index (χ2n) is 3.63. The quantitative estimate of drug-likeness (QED) is 0.876. The number of hydrogen-bond donors (Lipinski definition) is 2. The van der Waals surface area contributed by atoms with Gasteiger partial charge in [-0.05, 0) is 6.07 Å². The third-order valence-corrected chi connectivity index (χ3v) is 2.75. The van der Waals surface area contributed by atoms with Crippen molar-refractivity contribution in [1.29, 1.82) is 0 Å². The van der Waals surface area contributed by atoms with Crippen LogP contribution in [0.4, 0.5) is 24.8 Å². The molecule has 0 saturated carbocycles. The van der Waals surface area contributed by atoms with Crippen molar-refractivity contribution < 1.29 is 18.3 Å². The topological polar surface area (TPSA) is 48.4 Å². The van der Waals surface area contributed by atoms with E-state index in [1.165, 1.54) is 13.1 Å². The van der Waals surface area contributed by atoms with Crippen LogP contribution in [0.1, 0.15) is 0 Å². The molecule has 0 fully saturated rings. The minimum Gasteiger partial charge on any atom is -0.395 e. The van der Waals surface area contributed by atoms with E-state index in [9.17, 15) is 13.2 Å². The monoisotopic (exact) mass is 317 g/mol. The molecule has 0 unspecified atom stereocenters. The first-order chi connectivity index (χ1) is 8.78. The zero-order valence-corrected chi connectivity index (χ0v) is 11.4. The standard InChI is InChI=1S/C10H12Cl2F3N3O/c1-16-8-6(11)4-7(12)9(17-8)18(2-3-19)5-10(13,14)15/h4,19H,2-3,5H2,1H3,(H,16,17). The molecular formula is C10H12Cl2F3N3O. The van der Waals surface area contributed by atoms with Crippen LogP contribution in [0, 0.1) is 0 Å². The first-order valence-electron chi connectivity index (χ1n) is 5.25. The molecule has 0 radical (unpaired) electrons. The summed E-state index contributed by atoms with van der Waals surface area (Å²) < 4.78 is 37.4. The summed E-state index contributed by atoms with van der Waals surface area (Å²) in [5.74, 6) is 0.132. The fraction of sp³-hybridized carbons (Fsp3) is 0.500. The van der Waals surface area contributed by atoms with Crippen molar-refractivity contribution in [2.24, 2.45) is 0 Å². The summed E-state index contributed by atoms with van der Waals surface area (Å²) in [6.45, 7) is -1.95. The van der Waals surface area contributed by atoms with E-state index in [0.717, 1.165) is 4.90 Å². The van der Waals surface area contributed by atoms with Gasteiger partial charge in [-0.2, -0.15) is 13.2 Å². The highest BCUT2D eigenvalue weighted by atomic mass is 35.5. The first-order valence-corrected chi connectivity index (χ1v) is 6.00. The Kier molecular flexibility index (Phi) is 5.51. The van der Waals surface area contributed by atoms with Gasteiger partial charge >= 0.3 is 6.18 Å². The summed E-state index contributed by atoms with van der Waals surface area (Å²) in [6, 6.07) is 1.30. The van der Waals surface area contributed by atoms with E-state index < -0.39 is 19.3 Å². The predicted octanol–water partition coefficient (Wildman–Crippen LogP) is 2.79. The summed E-state index contributed by atoms with van der Waals surface area (Å²) in [6.07, 6.45) is -4.43. The van der Waals surface area contributed by atoms with Gasteiger partial charge in [0.05, 0.1) is 16.7 Å². The van der Waals surface area contributed by atoms with E-state index in [1.807, 2.05) is 0 Å². The Hall–Kier alpha value is -0.920. The van der Waals surface area contributed by atoms with Crippen LogP contribution in [-0.4, -0.2) is 43.0 Å². The Morgan fingerprint density at radius 2 is 2.00 bits per heavy atom. The molecule has 1 rings (SSSR count). The number of nitrogens with zero attached hydrogens (tertiary/aromatic N) is 2. The third kappa shape index (κ3) is 4.59. The van der Waals surface area contributed by atoms with Gasteiger partial charge in [-0.25, -0.2) is 4.98 Å². The van der Waals surface area contributed by atoms with Gasteiger partial charge in [0.1, 0.15) is 18.2 Å². The van der Waals surface area contributed by atoms with Crippen molar-refractivity contribution in [3.63, 3.8) is 0 Å². The molecule has 0 bridgehead atoms. The first kappa shape index (κ1) is 16.1. The molecule has 19 heavy (non-hydrogen) atoms. The minimum atomic E-state index is -4.43. The van der Waals surface area contributed by atoms with Gasteiger partial charge in [0.25, 0.3) is 0 Å². The number of hydrogen-bond acceptors (Lipinski definition) is 4. The fourth-order valence-corrected chi connectivity index (χ4v) is 2.02. The summed E-state index contributed by atoms with van der Waals surface area (Å²) in [7, 11) is 1.53. The van der Waals surface area contributed by atoms with E-state index >= 15 is 0 Å². The second kappa shape index (κ2) is 6.49. The molecule has 1 heterocycles. The average molecular weight is 318 g/mol. The predicted molar refractivity (Wildman–Crippen MR) is 69.2 cm³/mol. The molecule has 0 aliphatic rings. The Morgan fingerprint density at radius 1 is 1.37 bits per heavy atom. The van der Waals surface area contributed by atoms with Crippen LogP contribution in [0.2, 0.25) is 10.0 Å². The summed E-state index contributed by atoms with van der Waals surface area (Å²) in [5.41, 5.74) is 0. The number of aliphatic hydroxyl groups excluding tert-OH is 1. The normalized spacial score (nSPS) is 11.5. The molecule has 2 N–H and O–H groups in total.